The van der Waals surface area contributed by atoms with Gasteiger partial charge in [-0.15, -0.1) is 0 Å². The van der Waals surface area contributed by atoms with Crippen molar-refractivity contribution in [1.29, 1.82) is 0 Å². The molecule has 1 aliphatic carbocycles. The van der Waals surface area contributed by atoms with Gasteiger partial charge in [-0.05, 0) is 49.9 Å². The van der Waals surface area contributed by atoms with Gasteiger partial charge in [0.1, 0.15) is 5.75 Å². The number of ether oxygens (including phenoxy) is 1. The summed E-state index contributed by atoms with van der Waals surface area (Å²) in [5.41, 5.74) is 0.884. The molecule has 1 aromatic carbocycles. The van der Waals surface area contributed by atoms with Gasteiger partial charge < -0.3 is 15.2 Å². The summed E-state index contributed by atoms with van der Waals surface area (Å²) < 4.78 is 5.40. The Balaban J connectivity index is 1.77. The highest BCUT2D eigenvalue weighted by Gasteiger charge is 2.30. The van der Waals surface area contributed by atoms with Crippen molar-refractivity contribution in [3.05, 3.63) is 28.8 Å². The van der Waals surface area contributed by atoms with Gasteiger partial charge in [-0.1, -0.05) is 11.6 Å². The van der Waals surface area contributed by atoms with E-state index in [2.05, 4.69) is 5.32 Å². The summed E-state index contributed by atoms with van der Waals surface area (Å²) >= 11 is 5.91. The van der Waals surface area contributed by atoms with Gasteiger partial charge in [0.2, 0.25) is 0 Å². The van der Waals surface area contributed by atoms with Crippen molar-refractivity contribution in [3.8, 4) is 5.75 Å². The third kappa shape index (κ3) is 4.36. The topological polar surface area (TPSA) is 75.6 Å². The zero-order chi connectivity index (χ0) is 15.4. The Morgan fingerprint density at radius 1 is 1.43 bits per heavy atom. The molecule has 0 bridgehead atoms. The van der Waals surface area contributed by atoms with E-state index in [1.807, 2.05) is 6.92 Å². The smallest absolute Gasteiger partial charge is 0.306 e. The minimum absolute atomic E-state index is 0.0749. The average molecular weight is 312 g/mol. The maximum atomic E-state index is 11.8. The molecule has 2 N–H and O–H groups in total. The number of nitrogens with one attached hydrogen (secondary N) is 1. The summed E-state index contributed by atoms with van der Waals surface area (Å²) in [5.74, 6) is -0.796. The summed E-state index contributed by atoms with van der Waals surface area (Å²) in [4.78, 5) is 22.6. The van der Waals surface area contributed by atoms with Crippen molar-refractivity contribution in [1.82, 2.24) is 5.32 Å². The third-order valence-electron chi connectivity index (χ3n) is 3.65. The number of carbonyl (C=O) groups is 2. The lowest BCUT2D eigenvalue weighted by Gasteiger charge is -2.13. The van der Waals surface area contributed by atoms with Crippen molar-refractivity contribution in [2.75, 3.05) is 6.61 Å². The van der Waals surface area contributed by atoms with E-state index in [0.29, 0.717) is 30.0 Å². The molecule has 0 spiro atoms. The number of rotatable bonds is 5. The van der Waals surface area contributed by atoms with Gasteiger partial charge in [0.15, 0.2) is 6.61 Å². The number of carboxylic acid groups (broad SMARTS) is 1. The van der Waals surface area contributed by atoms with Gasteiger partial charge >= 0.3 is 5.97 Å². The average Bonchev–Trinajstić information content (AvgIpc) is 2.89. The number of carbonyl (C=O) groups excluding carboxylic acids is 1. The number of halogens is 1. The minimum atomic E-state index is -0.792. The van der Waals surface area contributed by atoms with Gasteiger partial charge in [0, 0.05) is 11.1 Å². The first-order valence-corrected chi connectivity index (χ1v) is 7.24. The molecule has 0 unspecified atom stereocenters. The molecule has 0 aliphatic heterocycles. The van der Waals surface area contributed by atoms with Crippen LogP contribution in [-0.4, -0.2) is 29.6 Å². The van der Waals surface area contributed by atoms with E-state index in [-0.39, 0.29) is 24.5 Å². The van der Waals surface area contributed by atoms with Crippen LogP contribution in [0.15, 0.2) is 18.2 Å². The molecule has 1 fully saturated rings. The lowest BCUT2D eigenvalue weighted by Crippen LogP contribution is -2.36. The highest BCUT2D eigenvalue weighted by atomic mass is 35.5. The van der Waals surface area contributed by atoms with E-state index in [0.717, 1.165) is 5.56 Å². The lowest BCUT2D eigenvalue weighted by atomic mass is 10.1. The van der Waals surface area contributed by atoms with E-state index >= 15 is 0 Å². The summed E-state index contributed by atoms with van der Waals surface area (Å²) in [6, 6.07) is 5.12. The first-order chi connectivity index (χ1) is 9.95. The molecule has 5 nitrogen and oxygen atoms in total. The molecule has 2 atom stereocenters. The van der Waals surface area contributed by atoms with Gasteiger partial charge in [-0.3, -0.25) is 9.59 Å². The normalized spacial score (nSPS) is 21.0. The Morgan fingerprint density at radius 2 is 2.19 bits per heavy atom. The van der Waals surface area contributed by atoms with Crippen molar-refractivity contribution >= 4 is 23.5 Å². The fourth-order valence-electron chi connectivity index (χ4n) is 2.46. The predicted molar refractivity (Wildman–Crippen MR) is 78.6 cm³/mol. The second kappa shape index (κ2) is 6.80. The molecule has 114 valence electrons. The van der Waals surface area contributed by atoms with Crippen LogP contribution in [0.2, 0.25) is 5.02 Å². The van der Waals surface area contributed by atoms with E-state index < -0.39 is 5.97 Å². The van der Waals surface area contributed by atoms with E-state index in [1.165, 1.54) is 0 Å². The van der Waals surface area contributed by atoms with Crippen LogP contribution in [0.1, 0.15) is 24.8 Å². The summed E-state index contributed by atoms with van der Waals surface area (Å²) in [5, 5.41) is 12.4. The molecule has 1 amide bonds. The zero-order valence-electron chi connectivity index (χ0n) is 11.8. The Kier molecular flexibility index (Phi) is 5.07. The van der Waals surface area contributed by atoms with Crippen molar-refractivity contribution in [2.45, 2.75) is 32.2 Å². The van der Waals surface area contributed by atoms with Crippen LogP contribution >= 0.6 is 11.6 Å². The third-order valence-corrected chi connectivity index (χ3v) is 4.07. The second-order valence-corrected chi connectivity index (χ2v) is 5.72. The van der Waals surface area contributed by atoms with Crippen LogP contribution in [0.3, 0.4) is 0 Å². The largest absolute Gasteiger partial charge is 0.484 e. The SMILES string of the molecule is Cc1cc(OCC(=O)N[C@@H]2CC[C@H](C(=O)O)C2)ccc1Cl. The predicted octanol–water partition coefficient (Wildman–Crippen LogP) is 2.40. The molecule has 0 saturated heterocycles. The minimum Gasteiger partial charge on any atom is -0.484 e. The molecule has 1 aliphatic rings. The molecular weight excluding hydrogens is 294 g/mol. The van der Waals surface area contributed by atoms with Gasteiger partial charge in [-0.2, -0.15) is 0 Å². The summed E-state index contributed by atoms with van der Waals surface area (Å²) in [6.07, 6.45) is 1.79. The number of carboxylic acids is 1. The van der Waals surface area contributed by atoms with Crippen LogP contribution in [0.25, 0.3) is 0 Å². The van der Waals surface area contributed by atoms with Crippen molar-refractivity contribution < 1.29 is 19.4 Å². The fraction of sp³-hybridized carbons (Fsp3) is 0.467. The molecule has 1 aromatic rings. The van der Waals surface area contributed by atoms with Gasteiger partial charge in [0.25, 0.3) is 5.91 Å². The van der Waals surface area contributed by atoms with Crippen LogP contribution in [-0.2, 0) is 9.59 Å². The number of benzene rings is 1. The van der Waals surface area contributed by atoms with Crippen LogP contribution < -0.4 is 10.1 Å². The Morgan fingerprint density at radius 3 is 2.81 bits per heavy atom. The number of hydrogen-bond acceptors (Lipinski definition) is 3. The summed E-state index contributed by atoms with van der Waals surface area (Å²) in [6.45, 7) is 1.77. The Hall–Kier alpha value is -1.75. The van der Waals surface area contributed by atoms with Gasteiger partial charge in [-0.25, -0.2) is 0 Å². The molecule has 1 saturated carbocycles. The Bertz CT molecular complexity index is 546. The first-order valence-electron chi connectivity index (χ1n) is 6.87. The standard InChI is InChI=1S/C15H18ClNO4/c1-9-6-12(4-5-13(9)16)21-8-14(18)17-11-3-2-10(7-11)15(19)20/h4-6,10-11H,2-3,7-8H2,1H3,(H,17,18)(H,19,20)/t10-,11+/m0/s1. The van der Waals surface area contributed by atoms with E-state index in [4.69, 9.17) is 21.4 Å². The van der Waals surface area contributed by atoms with Gasteiger partial charge in [0.05, 0.1) is 5.92 Å². The monoisotopic (exact) mass is 311 g/mol. The van der Waals surface area contributed by atoms with Crippen LogP contribution in [0.4, 0.5) is 0 Å². The number of aryl methyl sites for hydroxylation is 1. The number of amides is 1. The number of aliphatic carboxylic acids is 1. The quantitative estimate of drug-likeness (QED) is 0.875. The second-order valence-electron chi connectivity index (χ2n) is 5.31. The van der Waals surface area contributed by atoms with Crippen molar-refractivity contribution in [2.24, 2.45) is 5.92 Å². The van der Waals surface area contributed by atoms with E-state index in [1.54, 1.807) is 18.2 Å². The summed E-state index contributed by atoms with van der Waals surface area (Å²) in [7, 11) is 0. The maximum absolute atomic E-state index is 11.8. The Labute approximate surface area is 128 Å². The molecule has 6 heteroatoms. The fourth-order valence-corrected chi connectivity index (χ4v) is 2.58. The molecule has 0 aromatic heterocycles. The molecule has 2 rings (SSSR count). The zero-order valence-corrected chi connectivity index (χ0v) is 12.5. The maximum Gasteiger partial charge on any atom is 0.306 e. The lowest BCUT2D eigenvalue weighted by molar-refractivity contribution is -0.141. The number of hydrogen-bond donors (Lipinski definition) is 2. The first kappa shape index (κ1) is 15.6. The molecular formula is C15H18ClNO4. The van der Waals surface area contributed by atoms with Crippen LogP contribution in [0.5, 0.6) is 5.75 Å². The molecule has 0 radical (unpaired) electrons. The molecule has 0 heterocycles. The highest BCUT2D eigenvalue weighted by Crippen LogP contribution is 2.25. The molecule has 21 heavy (non-hydrogen) atoms. The van der Waals surface area contributed by atoms with E-state index in [9.17, 15) is 9.59 Å². The van der Waals surface area contributed by atoms with Crippen LogP contribution in [0, 0.1) is 12.8 Å². The highest BCUT2D eigenvalue weighted by molar-refractivity contribution is 6.31. The van der Waals surface area contributed by atoms with Crippen molar-refractivity contribution in [3.63, 3.8) is 0 Å².